The Morgan fingerprint density at radius 2 is 1.80 bits per heavy atom. The largest absolute Gasteiger partial charge is 0.324 e. The van der Waals surface area contributed by atoms with Gasteiger partial charge in [0.05, 0.1) is 0 Å². The lowest BCUT2D eigenvalue weighted by molar-refractivity contribution is 0.588. The van der Waals surface area contributed by atoms with E-state index < -0.39 is 0 Å². The molecule has 0 aliphatic carbocycles. The van der Waals surface area contributed by atoms with Crippen LogP contribution >= 0.6 is 0 Å². The van der Waals surface area contributed by atoms with Crippen LogP contribution in [0.3, 0.4) is 0 Å². The molecule has 0 amide bonds. The van der Waals surface area contributed by atoms with E-state index in [0.717, 1.165) is 12.8 Å². The summed E-state index contributed by atoms with van der Waals surface area (Å²) in [5.41, 5.74) is 10.3. The number of benzene rings is 1. The summed E-state index contributed by atoms with van der Waals surface area (Å²) in [5.74, 6) is 0. The summed E-state index contributed by atoms with van der Waals surface area (Å²) in [4.78, 5) is 4.13. The molecule has 0 bridgehead atoms. The Morgan fingerprint density at radius 1 is 1.10 bits per heavy atom. The molecule has 2 rings (SSSR count). The second kappa shape index (κ2) is 6.19. The highest BCUT2D eigenvalue weighted by Crippen LogP contribution is 2.24. The highest BCUT2D eigenvalue weighted by molar-refractivity contribution is 5.29. The third-order valence-electron chi connectivity index (χ3n) is 3.67. The first-order valence-electron chi connectivity index (χ1n) is 7.22. The van der Waals surface area contributed by atoms with Gasteiger partial charge in [0.2, 0.25) is 0 Å². The van der Waals surface area contributed by atoms with Crippen molar-refractivity contribution in [1.82, 2.24) is 4.98 Å². The van der Waals surface area contributed by atoms with Gasteiger partial charge in [0.15, 0.2) is 0 Å². The normalized spacial score (nSPS) is 13.2. The summed E-state index contributed by atoms with van der Waals surface area (Å²) in [6.07, 6.45) is 5.63. The number of pyridine rings is 1. The van der Waals surface area contributed by atoms with Crippen molar-refractivity contribution in [2.24, 2.45) is 5.73 Å². The lowest BCUT2D eigenvalue weighted by Gasteiger charge is -2.20. The molecule has 1 heterocycles. The summed E-state index contributed by atoms with van der Waals surface area (Å²) in [6, 6.07) is 12.9. The maximum Gasteiger partial charge on any atom is 0.0299 e. The van der Waals surface area contributed by atoms with Crippen molar-refractivity contribution in [2.75, 3.05) is 0 Å². The molecule has 0 fully saturated rings. The molecule has 0 aliphatic rings. The van der Waals surface area contributed by atoms with Gasteiger partial charge in [-0.1, -0.05) is 51.1 Å². The van der Waals surface area contributed by atoms with Crippen LogP contribution in [0.5, 0.6) is 0 Å². The summed E-state index contributed by atoms with van der Waals surface area (Å²) in [7, 11) is 0. The standard InChI is InChI=1S/C18H24N2/c1-18(2,3)16-9-7-15(8-10-16)17(19)11-6-14-5-4-12-20-13-14/h4-5,7-10,12-13,17H,6,11,19H2,1-3H3. The van der Waals surface area contributed by atoms with Gasteiger partial charge in [0, 0.05) is 18.4 Å². The zero-order valence-electron chi connectivity index (χ0n) is 12.6. The van der Waals surface area contributed by atoms with E-state index in [1.54, 1.807) is 6.20 Å². The zero-order chi connectivity index (χ0) is 14.6. The Labute approximate surface area is 122 Å². The molecule has 0 saturated carbocycles. The van der Waals surface area contributed by atoms with E-state index in [1.165, 1.54) is 16.7 Å². The first-order valence-corrected chi connectivity index (χ1v) is 7.22. The Hall–Kier alpha value is -1.67. The molecule has 0 saturated heterocycles. The molecule has 0 aliphatic heterocycles. The topological polar surface area (TPSA) is 38.9 Å². The van der Waals surface area contributed by atoms with Crippen LogP contribution in [0.4, 0.5) is 0 Å². The fourth-order valence-electron chi connectivity index (χ4n) is 2.27. The second-order valence-corrected chi connectivity index (χ2v) is 6.38. The minimum atomic E-state index is 0.0872. The maximum atomic E-state index is 6.28. The van der Waals surface area contributed by atoms with E-state index in [0.29, 0.717) is 0 Å². The van der Waals surface area contributed by atoms with Crippen molar-refractivity contribution in [2.45, 2.75) is 45.1 Å². The number of aryl methyl sites for hydroxylation is 1. The molecule has 2 aromatic rings. The van der Waals surface area contributed by atoms with Crippen molar-refractivity contribution in [3.63, 3.8) is 0 Å². The Kier molecular flexibility index (Phi) is 4.56. The van der Waals surface area contributed by atoms with Gasteiger partial charge in [-0.3, -0.25) is 4.98 Å². The number of hydrogen-bond acceptors (Lipinski definition) is 2. The molecule has 2 heteroatoms. The lowest BCUT2D eigenvalue weighted by Crippen LogP contribution is -2.14. The van der Waals surface area contributed by atoms with Crippen LogP contribution in [0.25, 0.3) is 0 Å². The van der Waals surface area contributed by atoms with Crippen molar-refractivity contribution in [3.8, 4) is 0 Å². The monoisotopic (exact) mass is 268 g/mol. The molecular formula is C18H24N2. The highest BCUT2D eigenvalue weighted by Gasteiger charge is 2.14. The van der Waals surface area contributed by atoms with Gasteiger partial charge in [0.25, 0.3) is 0 Å². The van der Waals surface area contributed by atoms with Crippen molar-refractivity contribution in [3.05, 3.63) is 65.5 Å². The molecule has 1 aromatic carbocycles. The van der Waals surface area contributed by atoms with Gasteiger partial charge in [-0.25, -0.2) is 0 Å². The number of rotatable bonds is 4. The average Bonchev–Trinajstić information content (AvgIpc) is 2.45. The predicted molar refractivity (Wildman–Crippen MR) is 84.6 cm³/mol. The molecule has 2 N–H and O–H groups in total. The number of nitrogens with two attached hydrogens (primary N) is 1. The van der Waals surface area contributed by atoms with Gasteiger partial charge in [-0.05, 0) is 41.0 Å². The first-order chi connectivity index (χ1) is 9.47. The van der Waals surface area contributed by atoms with Crippen molar-refractivity contribution in [1.29, 1.82) is 0 Å². The molecule has 2 nitrogen and oxygen atoms in total. The van der Waals surface area contributed by atoms with Crippen LogP contribution < -0.4 is 5.73 Å². The molecule has 0 radical (unpaired) electrons. The number of nitrogens with zero attached hydrogens (tertiary/aromatic N) is 1. The molecule has 1 unspecified atom stereocenters. The average molecular weight is 268 g/mol. The third kappa shape index (κ3) is 3.91. The summed E-state index contributed by atoms with van der Waals surface area (Å²) >= 11 is 0. The number of hydrogen-bond donors (Lipinski definition) is 1. The minimum Gasteiger partial charge on any atom is -0.324 e. The van der Waals surface area contributed by atoms with Gasteiger partial charge in [-0.15, -0.1) is 0 Å². The van der Waals surface area contributed by atoms with E-state index in [1.807, 2.05) is 12.3 Å². The number of aromatic nitrogens is 1. The molecule has 20 heavy (non-hydrogen) atoms. The van der Waals surface area contributed by atoms with Crippen molar-refractivity contribution < 1.29 is 0 Å². The highest BCUT2D eigenvalue weighted by atomic mass is 14.6. The maximum absolute atomic E-state index is 6.28. The molecular weight excluding hydrogens is 244 g/mol. The second-order valence-electron chi connectivity index (χ2n) is 6.38. The lowest BCUT2D eigenvalue weighted by atomic mass is 9.86. The smallest absolute Gasteiger partial charge is 0.0299 e. The Morgan fingerprint density at radius 3 is 2.35 bits per heavy atom. The van der Waals surface area contributed by atoms with E-state index in [2.05, 4.69) is 56.1 Å². The third-order valence-corrected chi connectivity index (χ3v) is 3.67. The van der Waals surface area contributed by atoms with Crippen LogP contribution in [0.2, 0.25) is 0 Å². The zero-order valence-corrected chi connectivity index (χ0v) is 12.6. The van der Waals surface area contributed by atoms with Crippen LogP contribution in [-0.2, 0) is 11.8 Å². The van der Waals surface area contributed by atoms with Crippen LogP contribution in [0.1, 0.15) is 49.9 Å². The fraction of sp³-hybridized carbons (Fsp3) is 0.389. The van der Waals surface area contributed by atoms with Gasteiger partial charge < -0.3 is 5.73 Å². The first kappa shape index (κ1) is 14.7. The Bertz CT molecular complexity index is 524. The van der Waals surface area contributed by atoms with E-state index in [-0.39, 0.29) is 11.5 Å². The Balaban J connectivity index is 1.97. The van der Waals surface area contributed by atoms with Gasteiger partial charge >= 0.3 is 0 Å². The van der Waals surface area contributed by atoms with Crippen molar-refractivity contribution >= 4 is 0 Å². The quantitative estimate of drug-likeness (QED) is 0.910. The van der Waals surface area contributed by atoms with Gasteiger partial charge in [-0.2, -0.15) is 0 Å². The van der Waals surface area contributed by atoms with Crippen LogP contribution in [-0.4, -0.2) is 4.98 Å². The van der Waals surface area contributed by atoms with Crippen LogP contribution in [0.15, 0.2) is 48.8 Å². The molecule has 106 valence electrons. The van der Waals surface area contributed by atoms with E-state index in [4.69, 9.17) is 5.73 Å². The SMILES string of the molecule is CC(C)(C)c1ccc(C(N)CCc2cccnc2)cc1. The summed E-state index contributed by atoms with van der Waals surface area (Å²) in [5, 5.41) is 0. The minimum absolute atomic E-state index is 0.0872. The predicted octanol–water partition coefficient (Wildman–Crippen LogP) is 4.01. The summed E-state index contributed by atoms with van der Waals surface area (Å²) < 4.78 is 0. The van der Waals surface area contributed by atoms with E-state index >= 15 is 0 Å². The molecule has 1 aromatic heterocycles. The molecule has 0 spiro atoms. The van der Waals surface area contributed by atoms with Gasteiger partial charge in [0.1, 0.15) is 0 Å². The fourth-order valence-corrected chi connectivity index (χ4v) is 2.27. The van der Waals surface area contributed by atoms with E-state index in [9.17, 15) is 0 Å². The van der Waals surface area contributed by atoms with Crippen LogP contribution in [0, 0.1) is 0 Å². The summed E-state index contributed by atoms with van der Waals surface area (Å²) in [6.45, 7) is 6.68. The molecule has 1 atom stereocenters.